The third-order valence-electron chi connectivity index (χ3n) is 9.16. The Hall–Kier alpha value is -4.03. The van der Waals surface area contributed by atoms with Gasteiger partial charge < -0.3 is 57.0 Å². The first-order valence-electron chi connectivity index (χ1n) is 20.3. The summed E-state index contributed by atoms with van der Waals surface area (Å²) in [5, 5.41) is 77.6. The Morgan fingerprint density at radius 1 is 0.559 bits per heavy atom. The second-order valence-electron chi connectivity index (χ2n) is 14.0. The summed E-state index contributed by atoms with van der Waals surface area (Å²) in [7, 11) is 0. The molecule has 0 radical (unpaired) electrons. The highest BCUT2D eigenvalue weighted by Crippen LogP contribution is 2.06. The third-order valence-corrected chi connectivity index (χ3v) is 9.16. The first kappa shape index (κ1) is 55.0. The quantitative estimate of drug-likeness (QED) is 0.0371. The molecule has 1 heterocycles. The van der Waals surface area contributed by atoms with Gasteiger partial charge in [0, 0.05) is 91.4 Å². The molecule has 0 spiro atoms. The number of carbonyl (C=O) groups excluding carboxylic acids is 4. The highest BCUT2D eigenvalue weighted by atomic mass is 16.4. The molecule has 1 aliphatic heterocycles. The number of carbonyl (C=O) groups is 7. The van der Waals surface area contributed by atoms with Crippen molar-refractivity contribution in [3.05, 3.63) is 0 Å². The lowest BCUT2D eigenvalue weighted by Crippen LogP contribution is -2.52. The molecular weight excluding hydrogens is 780 g/mol. The molecule has 0 aromatic rings. The maximum atomic E-state index is 13.5. The molecule has 4 amide bonds. The normalized spacial score (nSPS) is 17.0. The molecule has 11 N–H and O–H groups in total. The van der Waals surface area contributed by atoms with Crippen molar-refractivity contribution in [2.45, 2.75) is 90.1 Å². The van der Waals surface area contributed by atoms with Crippen molar-refractivity contribution < 1.29 is 69.3 Å². The molecule has 1 rings (SSSR count). The lowest BCUT2D eigenvalue weighted by molar-refractivity contribution is -0.140. The largest absolute Gasteiger partial charge is 0.480 e. The van der Waals surface area contributed by atoms with Gasteiger partial charge in [-0.3, -0.25) is 53.2 Å². The molecule has 22 heteroatoms. The van der Waals surface area contributed by atoms with Crippen LogP contribution in [0.2, 0.25) is 0 Å². The van der Waals surface area contributed by atoms with Gasteiger partial charge in [0.1, 0.15) is 12.1 Å². The fraction of sp³-hybridized carbons (Fsp3) is 0.811. The maximum absolute atomic E-state index is 13.5. The Balaban J connectivity index is 0.0000165. The van der Waals surface area contributed by atoms with Crippen LogP contribution in [0.1, 0.15) is 65.7 Å². The zero-order chi connectivity index (χ0) is 44.8. The number of aliphatic hydroxyl groups is 4. The van der Waals surface area contributed by atoms with E-state index in [2.05, 4.69) is 21.3 Å². The van der Waals surface area contributed by atoms with Crippen LogP contribution in [0.4, 0.5) is 0 Å². The third kappa shape index (κ3) is 27.4. The van der Waals surface area contributed by atoms with Crippen molar-refractivity contribution in [3.8, 4) is 0 Å². The molecule has 1 fully saturated rings. The van der Waals surface area contributed by atoms with Crippen molar-refractivity contribution in [1.29, 1.82) is 0 Å². The standard InChI is InChI=1S/C35H64N8O14.C2H6/c1-2-3-4-9-36-29(48)7-10-37-35(57)25(5-6-28(47)38-20-27(46)34(56)26(45)8-19-44)39-30(49)21-40-11-13-41(22-31(50)51)15-17-43(24-33(54)55)18-16-42(14-12-40)23-32(52)53;1-2/h25-27,34,44-46,56H,2-24H2,1H3,(H,36,48)(H,37,57)(H,38,47)(H,39,49)(H,50,51)(H,52,53)(H,54,55);1-2H3/t25-,26?,27?,34?;/m0./s1. The molecule has 0 aromatic heterocycles. The van der Waals surface area contributed by atoms with Crippen molar-refractivity contribution in [2.75, 3.05) is 105 Å². The van der Waals surface area contributed by atoms with Crippen LogP contribution in [0.25, 0.3) is 0 Å². The van der Waals surface area contributed by atoms with Gasteiger partial charge in [0.15, 0.2) is 0 Å². The van der Waals surface area contributed by atoms with E-state index in [-0.39, 0.29) is 117 Å². The highest BCUT2D eigenvalue weighted by Gasteiger charge is 2.27. The number of unbranched alkanes of at least 4 members (excludes halogenated alkanes) is 2. The van der Waals surface area contributed by atoms with Crippen molar-refractivity contribution >= 4 is 41.5 Å². The van der Waals surface area contributed by atoms with Crippen LogP contribution in [-0.4, -0.2) is 226 Å². The van der Waals surface area contributed by atoms with Crippen molar-refractivity contribution in [1.82, 2.24) is 40.9 Å². The lowest BCUT2D eigenvalue weighted by Gasteiger charge is -2.33. The average Bonchev–Trinajstić information content (AvgIpc) is 3.17. The van der Waals surface area contributed by atoms with Crippen LogP contribution < -0.4 is 21.3 Å². The van der Waals surface area contributed by atoms with E-state index in [1.165, 1.54) is 0 Å². The van der Waals surface area contributed by atoms with E-state index in [0.29, 0.717) is 6.54 Å². The van der Waals surface area contributed by atoms with Crippen LogP contribution in [-0.2, 0) is 33.6 Å². The summed E-state index contributed by atoms with van der Waals surface area (Å²) >= 11 is 0. The summed E-state index contributed by atoms with van der Waals surface area (Å²) < 4.78 is 0. The summed E-state index contributed by atoms with van der Waals surface area (Å²) in [6.07, 6.45) is -2.70. The van der Waals surface area contributed by atoms with E-state index in [4.69, 9.17) is 5.11 Å². The van der Waals surface area contributed by atoms with Gasteiger partial charge >= 0.3 is 17.9 Å². The minimum absolute atomic E-state index is 0.0388. The molecule has 0 aliphatic carbocycles. The number of carboxylic acid groups (broad SMARTS) is 3. The first-order chi connectivity index (χ1) is 28.0. The second kappa shape index (κ2) is 32.8. The van der Waals surface area contributed by atoms with Crippen molar-refractivity contribution in [2.24, 2.45) is 0 Å². The average molecular weight is 851 g/mol. The van der Waals surface area contributed by atoms with Crippen LogP contribution >= 0.6 is 0 Å². The summed E-state index contributed by atoms with van der Waals surface area (Å²) in [6.45, 7) is 5.58. The van der Waals surface area contributed by atoms with Crippen LogP contribution in [0, 0.1) is 0 Å². The number of aliphatic hydroxyl groups excluding tert-OH is 4. The lowest BCUT2D eigenvalue weighted by atomic mass is 10.1. The second-order valence-corrected chi connectivity index (χ2v) is 14.0. The fourth-order valence-corrected chi connectivity index (χ4v) is 5.87. The predicted octanol–water partition coefficient (Wildman–Crippen LogP) is -3.85. The van der Waals surface area contributed by atoms with Crippen LogP contribution in [0.15, 0.2) is 0 Å². The molecular formula is C37H70N8O14. The van der Waals surface area contributed by atoms with Gasteiger partial charge in [0.2, 0.25) is 23.6 Å². The minimum Gasteiger partial charge on any atom is -0.480 e. The minimum atomic E-state index is -1.65. The molecule has 3 unspecified atom stereocenters. The van der Waals surface area contributed by atoms with Gasteiger partial charge in [0.25, 0.3) is 0 Å². The predicted molar refractivity (Wildman–Crippen MR) is 214 cm³/mol. The van der Waals surface area contributed by atoms with Gasteiger partial charge in [-0.25, -0.2) is 0 Å². The van der Waals surface area contributed by atoms with Crippen LogP contribution in [0.5, 0.6) is 0 Å². The van der Waals surface area contributed by atoms with E-state index in [9.17, 15) is 64.2 Å². The molecule has 0 bridgehead atoms. The van der Waals surface area contributed by atoms with E-state index < -0.39 is 73.1 Å². The van der Waals surface area contributed by atoms with Gasteiger partial charge in [-0.2, -0.15) is 0 Å². The van der Waals surface area contributed by atoms with Gasteiger partial charge in [-0.1, -0.05) is 33.6 Å². The van der Waals surface area contributed by atoms with E-state index >= 15 is 0 Å². The highest BCUT2D eigenvalue weighted by molar-refractivity contribution is 5.89. The molecule has 342 valence electrons. The zero-order valence-corrected chi connectivity index (χ0v) is 34.8. The molecule has 0 saturated carbocycles. The van der Waals surface area contributed by atoms with Crippen molar-refractivity contribution in [3.63, 3.8) is 0 Å². The van der Waals surface area contributed by atoms with Gasteiger partial charge in [-0.05, 0) is 19.3 Å². The van der Waals surface area contributed by atoms with Crippen LogP contribution in [0.3, 0.4) is 0 Å². The zero-order valence-electron chi connectivity index (χ0n) is 34.8. The summed E-state index contributed by atoms with van der Waals surface area (Å²) in [5.41, 5.74) is 0. The molecule has 1 saturated heterocycles. The Morgan fingerprint density at radius 3 is 1.46 bits per heavy atom. The Morgan fingerprint density at radius 2 is 1.02 bits per heavy atom. The number of carboxylic acids is 3. The monoisotopic (exact) mass is 851 g/mol. The SMILES string of the molecule is CC.CCCCCNC(=O)CCNC(=O)[C@H](CCC(=O)NCC(O)C(O)C(O)CCO)NC(=O)CN1CCN(CC(=O)O)CCN(CC(=O)O)CCN(CC(=O)O)CC1. The summed E-state index contributed by atoms with van der Waals surface area (Å²) in [6, 6.07) is -1.27. The first-order valence-corrected chi connectivity index (χ1v) is 20.3. The number of aliphatic carboxylic acids is 3. The van der Waals surface area contributed by atoms with E-state index in [1.54, 1.807) is 19.6 Å². The molecule has 0 aromatic carbocycles. The number of hydrogen-bond acceptors (Lipinski definition) is 15. The topological polar surface area (TPSA) is 322 Å². The molecule has 4 atom stereocenters. The Bertz CT molecular complexity index is 1230. The van der Waals surface area contributed by atoms with E-state index in [1.807, 2.05) is 20.8 Å². The molecule has 1 aliphatic rings. The molecule has 22 nitrogen and oxygen atoms in total. The van der Waals surface area contributed by atoms with Gasteiger partial charge in [-0.15, -0.1) is 0 Å². The number of amides is 4. The number of nitrogens with one attached hydrogen (secondary N) is 4. The van der Waals surface area contributed by atoms with Gasteiger partial charge in [0.05, 0.1) is 38.4 Å². The maximum Gasteiger partial charge on any atom is 0.317 e. The number of rotatable bonds is 26. The van der Waals surface area contributed by atoms with E-state index in [0.717, 1.165) is 19.3 Å². The number of hydrogen-bond donors (Lipinski definition) is 11. The molecule has 59 heavy (non-hydrogen) atoms. The fourth-order valence-electron chi connectivity index (χ4n) is 5.87. The summed E-state index contributed by atoms with van der Waals surface area (Å²) in [4.78, 5) is 92.9. The Labute approximate surface area is 346 Å². The number of nitrogens with zero attached hydrogens (tertiary/aromatic N) is 4. The Kier molecular flexibility index (Phi) is 30.5. The summed E-state index contributed by atoms with van der Waals surface area (Å²) in [5.74, 6) is -5.57. The smallest absolute Gasteiger partial charge is 0.317 e.